The summed E-state index contributed by atoms with van der Waals surface area (Å²) in [7, 11) is 0. The number of hydrogen-bond donors (Lipinski definition) is 2. The summed E-state index contributed by atoms with van der Waals surface area (Å²) >= 11 is 5.91. The van der Waals surface area contributed by atoms with Crippen LogP contribution in [0.5, 0.6) is 5.75 Å². The summed E-state index contributed by atoms with van der Waals surface area (Å²) in [4.78, 5) is 11.7. The van der Waals surface area contributed by atoms with Crippen molar-refractivity contribution in [3.05, 3.63) is 65.2 Å². The van der Waals surface area contributed by atoms with E-state index in [0.29, 0.717) is 10.8 Å². The number of nitrogens with one attached hydrogen (secondary N) is 1. The van der Waals surface area contributed by atoms with Crippen molar-refractivity contribution < 1.29 is 28.8 Å². The highest BCUT2D eigenvalue weighted by Crippen LogP contribution is 2.34. The van der Waals surface area contributed by atoms with Crippen LogP contribution in [0.15, 0.2) is 54.6 Å². The molecular weight excluding hydrogens is 398 g/mol. The Balaban J connectivity index is 1.53. The van der Waals surface area contributed by atoms with Crippen LogP contribution in [0.2, 0.25) is 5.02 Å². The molecule has 2 aromatic carbocycles. The Morgan fingerprint density at radius 3 is 2.55 bits per heavy atom. The molecule has 0 spiro atoms. The molecule has 29 heavy (non-hydrogen) atoms. The molecule has 2 heterocycles. The molecule has 7 nitrogen and oxygen atoms in total. The minimum Gasteiger partial charge on any atom is -0.463 e. The van der Waals surface area contributed by atoms with Gasteiger partial charge in [0.2, 0.25) is 12.2 Å². The van der Waals surface area contributed by atoms with Gasteiger partial charge in [-0.15, -0.1) is 0 Å². The van der Waals surface area contributed by atoms with Gasteiger partial charge in [-0.25, -0.2) is 0 Å². The molecule has 154 valence electrons. The number of benzene rings is 2. The molecule has 2 aromatic rings. The van der Waals surface area contributed by atoms with Crippen molar-refractivity contribution in [2.24, 2.45) is 0 Å². The zero-order chi connectivity index (χ0) is 20.4. The number of aliphatic hydroxyl groups is 1. The van der Waals surface area contributed by atoms with Gasteiger partial charge in [-0.1, -0.05) is 41.9 Å². The van der Waals surface area contributed by atoms with Gasteiger partial charge in [0.1, 0.15) is 30.1 Å². The Bertz CT molecular complexity index is 833. The molecule has 0 bridgehead atoms. The fourth-order valence-corrected chi connectivity index (χ4v) is 3.63. The van der Waals surface area contributed by atoms with Gasteiger partial charge in [-0.3, -0.25) is 4.79 Å². The lowest BCUT2D eigenvalue weighted by atomic mass is 9.95. The van der Waals surface area contributed by atoms with Gasteiger partial charge < -0.3 is 29.4 Å². The molecular formula is C21H22ClNO6. The standard InChI is InChI=1S/C21H22ClNO6/c1-12(24)23-17-18(25)19-16(11-26-20(29-19)13-5-3-2-4-6-13)28-21(17)27-15-9-7-14(22)8-10-15/h2-10,16-21,25H,11H2,1H3,(H,23,24)/t16-,17+,18-,19+,20-,21-/m1/s1. The molecule has 1 amide bonds. The quantitative estimate of drug-likeness (QED) is 0.791. The third-order valence-electron chi connectivity index (χ3n) is 4.87. The minimum absolute atomic E-state index is 0.217. The molecule has 0 unspecified atom stereocenters. The Morgan fingerprint density at radius 2 is 1.86 bits per heavy atom. The second-order valence-electron chi connectivity index (χ2n) is 7.01. The molecule has 4 rings (SSSR count). The lowest BCUT2D eigenvalue weighted by molar-refractivity contribution is -0.333. The van der Waals surface area contributed by atoms with Gasteiger partial charge in [0, 0.05) is 17.5 Å². The van der Waals surface area contributed by atoms with E-state index in [1.165, 1.54) is 6.92 Å². The highest BCUT2D eigenvalue weighted by Gasteiger charge is 2.50. The lowest BCUT2D eigenvalue weighted by Crippen LogP contribution is -2.67. The molecule has 0 aliphatic carbocycles. The van der Waals surface area contributed by atoms with Gasteiger partial charge in [-0.05, 0) is 24.3 Å². The van der Waals surface area contributed by atoms with Crippen molar-refractivity contribution in [1.29, 1.82) is 0 Å². The minimum atomic E-state index is -1.05. The fraction of sp³-hybridized carbons (Fsp3) is 0.381. The van der Waals surface area contributed by atoms with E-state index in [0.717, 1.165) is 5.56 Å². The molecule has 2 N–H and O–H groups in total. The summed E-state index contributed by atoms with van der Waals surface area (Å²) in [6, 6.07) is 15.4. The average molecular weight is 420 g/mol. The van der Waals surface area contributed by atoms with Crippen molar-refractivity contribution in [3.63, 3.8) is 0 Å². The lowest BCUT2D eigenvalue weighted by Gasteiger charge is -2.47. The van der Waals surface area contributed by atoms with Crippen molar-refractivity contribution in [3.8, 4) is 5.75 Å². The zero-order valence-electron chi connectivity index (χ0n) is 15.7. The van der Waals surface area contributed by atoms with Crippen LogP contribution in [0.1, 0.15) is 18.8 Å². The molecule has 0 aromatic heterocycles. The monoisotopic (exact) mass is 419 g/mol. The molecule has 8 heteroatoms. The predicted octanol–water partition coefficient (Wildman–Crippen LogP) is 2.42. The first-order valence-corrected chi connectivity index (χ1v) is 9.74. The predicted molar refractivity (Wildman–Crippen MR) is 104 cm³/mol. The third kappa shape index (κ3) is 4.55. The molecule has 6 atom stereocenters. The summed E-state index contributed by atoms with van der Waals surface area (Å²) in [5.41, 5.74) is 0.841. The van der Waals surface area contributed by atoms with Crippen LogP contribution in [-0.2, 0) is 19.0 Å². The van der Waals surface area contributed by atoms with Gasteiger partial charge in [0.25, 0.3) is 0 Å². The largest absolute Gasteiger partial charge is 0.463 e. The van der Waals surface area contributed by atoms with E-state index in [-0.39, 0.29) is 12.5 Å². The van der Waals surface area contributed by atoms with Crippen molar-refractivity contribution in [2.45, 2.75) is 43.9 Å². The molecule has 2 aliphatic rings. The van der Waals surface area contributed by atoms with Gasteiger partial charge >= 0.3 is 0 Å². The van der Waals surface area contributed by atoms with Gasteiger partial charge in [0.15, 0.2) is 6.29 Å². The maximum atomic E-state index is 11.7. The number of carbonyl (C=O) groups excluding carboxylic acids is 1. The topological polar surface area (TPSA) is 86.3 Å². The Hall–Kier alpha value is -2.16. The smallest absolute Gasteiger partial charge is 0.223 e. The molecule has 0 radical (unpaired) electrons. The van der Waals surface area contributed by atoms with E-state index in [4.69, 9.17) is 30.5 Å². The van der Waals surface area contributed by atoms with E-state index in [2.05, 4.69) is 5.32 Å². The average Bonchev–Trinajstić information content (AvgIpc) is 2.73. The Labute approximate surface area is 173 Å². The SMILES string of the molecule is CC(=O)N[C@@H]1[C@H](Oc2ccc(Cl)cc2)O[C@@H]2CO[C@@H](c3ccccc3)O[C@@H]2[C@@H]1O. The van der Waals surface area contributed by atoms with Crippen molar-refractivity contribution in [1.82, 2.24) is 5.32 Å². The number of hydrogen-bond acceptors (Lipinski definition) is 6. The maximum Gasteiger partial charge on any atom is 0.223 e. The number of aliphatic hydroxyl groups excluding tert-OH is 1. The molecule has 2 aliphatic heterocycles. The van der Waals surface area contributed by atoms with Gasteiger partial charge in [-0.2, -0.15) is 0 Å². The normalized spacial score (nSPS) is 31.6. The fourth-order valence-electron chi connectivity index (χ4n) is 3.51. The summed E-state index contributed by atoms with van der Waals surface area (Å²) in [5, 5.41) is 14.3. The first-order valence-electron chi connectivity index (χ1n) is 9.36. The summed E-state index contributed by atoms with van der Waals surface area (Å²) in [5.74, 6) is 0.188. The first-order chi connectivity index (χ1) is 14.0. The van der Waals surface area contributed by atoms with E-state index >= 15 is 0 Å². The van der Waals surface area contributed by atoms with E-state index in [1.807, 2.05) is 30.3 Å². The number of fused-ring (bicyclic) bond motifs is 1. The second-order valence-corrected chi connectivity index (χ2v) is 7.44. The summed E-state index contributed by atoms with van der Waals surface area (Å²) in [6.45, 7) is 1.59. The molecule has 2 fully saturated rings. The third-order valence-corrected chi connectivity index (χ3v) is 5.13. The van der Waals surface area contributed by atoms with E-state index in [9.17, 15) is 9.90 Å². The van der Waals surface area contributed by atoms with Crippen LogP contribution in [-0.4, -0.2) is 48.3 Å². The van der Waals surface area contributed by atoms with Crippen molar-refractivity contribution >= 4 is 17.5 Å². The molecule has 2 saturated heterocycles. The maximum absolute atomic E-state index is 11.7. The number of amides is 1. The summed E-state index contributed by atoms with van der Waals surface area (Å²) < 4.78 is 23.7. The first kappa shape index (κ1) is 20.1. The second kappa shape index (κ2) is 8.69. The van der Waals surface area contributed by atoms with Crippen LogP contribution in [0, 0.1) is 0 Å². The number of halogens is 1. The van der Waals surface area contributed by atoms with Crippen LogP contribution >= 0.6 is 11.6 Å². The summed E-state index contributed by atoms with van der Waals surface area (Å²) in [6.07, 6.45) is -3.83. The van der Waals surface area contributed by atoms with E-state index < -0.39 is 36.9 Å². The Morgan fingerprint density at radius 1 is 1.14 bits per heavy atom. The number of carbonyl (C=O) groups is 1. The van der Waals surface area contributed by atoms with Crippen LogP contribution < -0.4 is 10.1 Å². The van der Waals surface area contributed by atoms with E-state index in [1.54, 1.807) is 24.3 Å². The number of ether oxygens (including phenoxy) is 4. The highest BCUT2D eigenvalue weighted by atomic mass is 35.5. The number of rotatable bonds is 4. The zero-order valence-corrected chi connectivity index (χ0v) is 16.5. The van der Waals surface area contributed by atoms with Crippen LogP contribution in [0.3, 0.4) is 0 Å². The van der Waals surface area contributed by atoms with Crippen LogP contribution in [0.25, 0.3) is 0 Å². The molecule has 0 saturated carbocycles. The Kier molecular flexibility index (Phi) is 6.03. The van der Waals surface area contributed by atoms with Crippen molar-refractivity contribution in [2.75, 3.05) is 6.61 Å². The van der Waals surface area contributed by atoms with Gasteiger partial charge in [0.05, 0.1) is 6.61 Å². The van der Waals surface area contributed by atoms with Crippen LogP contribution in [0.4, 0.5) is 0 Å². The highest BCUT2D eigenvalue weighted by molar-refractivity contribution is 6.30.